The summed E-state index contributed by atoms with van der Waals surface area (Å²) in [6, 6.07) is 3.71. The molecule has 3 N–H and O–H groups in total. The minimum atomic E-state index is -1.01. The first-order valence-corrected chi connectivity index (χ1v) is 10.6. The summed E-state index contributed by atoms with van der Waals surface area (Å²) in [5.74, 6) is 1.35. The van der Waals surface area contributed by atoms with Crippen LogP contribution in [-0.4, -0.2) is 57.2 Å². The number of aromatic hydroxyl groups is 1. The average molecular weight is 373 g/mol. The third kappa shape index (κ3) is 2.16. The van der Waals surface area contributed by atoms with Gasteiger partial charge in [-0.2, -0.15) is 0 Å². The van der Waals surface area contributed by atoms with E-state index in [-0.39, 0.29) is 11.8 Å². The normalized spacial score (nSPS) is 38.8. The Labute approximate surface area is 161 Å². The maximum Gasteiger partial charge on any atom is 0.165 e. The monoisotopic (exact) mass is 373 g/mol. The van der Waals surface area contributed by atoms with Gasteiger partial charge in [0.05, 0.1) is 17.1 Å². The lowest BCUT2D eigenvalue weighted by atomic mass is 9.52. The van der Waals surface area contributed by atoms with Crippen LogP contribution in [0, 0.1) is 5.92 Å². The number of phenolic OH excluding ortho intramolecular Hbond substituents is 1. The highest BCUT2D eigenvalue weighted by Crippen LogP contribution is 2.62. The van der Waals surface area contributed by atoms with Crippen molar-refractivity contribution in [1.29, 1.82) is 0 Å². The van der Waals surface area contributed by atoms with E-state index >= 15 is 0 Å². The van der Waals surface area contributed by atoms with Crippen LogP contribution in [0.3, 0.4) is 0 Å². The van der Waals surface area contributed by atoms with Crippen molar-refractivity contribution in [1.82, 2.24) is 4.90 Å². The first-order valence-electron chi connectivity index (χ1n) is 10.6. The molecule has 1 spiro atoms. The zero-order chi connectivity index (χ0) is 19.0. The lowest BCUT2D eigenvalue weighted by molar-refractivity contribution is -0.172. The number of ether oxygens (including phenoxy) is 1. The summed E-state index contributed by atoms with van der Waals surface area (Å²) < 4.78 is 6.20. The molecule has 5 atom stereocenters. The van der Waals surface area contributed by atoms with E-state index < -0.39 is 23.2 Å². The maximum atomic E-state index is 11.9. The number of nitrogens with zero attached hydrogens (tertiary/aromatic N) is 1. The Kier molecular flexibility index (Phi) is 3.85. The number of piperidine rings is 1. The Morgan fingerprint density at radius 1 is 1.33 bits per heavy atom. The van der Waals surface area contributed by atoms with Crippen LogP contribution in [0.4, 0.5) is 0 Å². The number of likely N-dealkylation sites (tertiary alicyclic amines) is 1. The zero-order valence-corrected chi connectivity index (χ0v) is 16.3. The molecule has 27 heavy (non-hydrogen) atoms. The van der Waals surface area contributed by atoms with Crippen LogP contribution in [0.15, 0.2) is 12.1 Å². The zero-order valence-electron chi connectivity index (χ0n) is 16.3. The molecule has 5 nitrogen and oxygen atoms in total. The minimum Gasteiger partial charge on any atom is -0.504 e. The van der Waals surface area contributed by atoms with Crippen LogP contribution in [-0.2, 0) is 11.8 Å². The van der Waals surface area contributed by atoms with Gasteiger partial charge < -0.3 is 20.1 Å². The molecule has 5 rings (SSSR count). The number of aliphatic hydroxyl groups excluding tert-OH is 1. The molecular weight excluding hydrogens is 342 g/mol. The second-order valence-corrected chi connectivity index (χ2v) is 9.34. The van der Waals surface area contributed by atoms with Crippen molar-refractivity contribution < 1.29 is 20.1 Å². The van der Waals surface area contributed by atoms with Crippen LogP contribution in [0.1, 0.15) is 57.1 Å². The van der Waals surface area contributed by atoms with Gasteiger partial charge in [-0.3, -0.25) is 4.90 Å². The van der Waals surface area contributed by atoms with Gasteiger partial charge in [-0.15, -0.1) is 0 Å². The highest BCUT2D eigenvalue weighted by Gasteiger charge is 2.69. The molecule has 5 heteroatoms. The van der Waals surface area contributed by atoms with Gasteiger partial charge in [0.25, 0.3) is 0 Å². The predicted molar refractivity (Wildman–Crippen MR) is 102 cm³/mol. The van der Waals surface area contributed by atoms with Crippen molar-refractivity contribution in [2.75, 3.05) is 13.1 Å². The summed E-state index contributed by atoms with van der Waals surface area (Å²) in [7, 11) is 0. The molecule has 0 radical (unpaired) electrons. The third-order valence-electron chi connectivity index (χ3n) is 8.08. The number of benzene rings is 1. The van der Waals surface area contributed by atoms with Crippen LogP contribution in [0.25, 0.3) is 0 Å². The Bertz CT molecular complexity index is 759. The minimum absolute atomic E-state index is 0.0185. The largest absolute Gasteiger partial charge is 0.504 e. The Morgan fingerprint density at radius 3 is 2.78 bits per heavy atom. The number of phenols is 1. The van der Waals surface area contributed by atoms with E-state index in [9.17, 15) is 15.3 Å². The lowest BCUT2D eigenvalue weighted by Crippen LogP contribution is -2.74. The van der Waals surface area contributed by atoms with E-state index in [1.54, 1.807) is 6.07 Å². The van der Waals surface area contributed by atoms with E-state index in [0.717, 1.165) is 43.0 Å². The summed E-state index contributed by atoms with van der Waals surface area (Å²) in [5.41, 5.74) is 0.431. The van der Waals surface area contributed by atoms with Gasteiger partial charge in [-0.1, -0.05) is 19.4 Å². The van der Waals surface area contributed by atoms with Crippen LogP contribution < -0.4 is 4.74 Å². The summed E-state index contributed by atoms with van der Waals surface area (Å²) in [6.07, 6.45) is 4.80. The van der Waals surface area contributed by atoms with E-state index in [0.29, 0.717) is 12.2 Å². The Hall–Kier alpha value is -1.30. The molecule has 2 fully saturated rings. The standard InChI is InChI=1S/C22H31NO4/c1-3-15(24)20-22-9-10-23(12-13-5-4-6-13)17(21(22,2)26)11-14-7-8-16(25)19(27-20)18(14)22/h7-8,13,15,17,20,24-26H,3-6,9-12H2,1-2H3. The topological polar surface area (TPSA) is 73.2 Å². The lowest BCUT2D eigenvalue weighted by Gasteiger charge is -2.60. The molecular formula is C22H31NO4. The molecule has 2 aliphatic heterocycles. The third-order valence-corrected chi connectivity index (χ3v) is 8.08. The SMILES string of the molecule is CCC(O)C1Oc2c(O)ccc3c2C12CCN(CC1CCC1)C(C3)C2(C)O. The van der Waals surface area contributed by atoms with Crippen molar-refractivity contribution in [2.45, 2.75) is 81.6 Å². The van der Waals surface area contributed by atoms with E-state index in [1.165, 1.54) is 19.3 Å². The van der Waals surface area contributed by atoms with Crippen molar-refractivity contribution in [3.8, 4) is 11.5 Å². The number of hydrogen-bond donors (Lipinski definition) is 3. The average Bonchev–Trinajstić information content (AvgIpc) is 2.95. The van der Waals surface area contributed by atoms with E-state index in [1.807, 2.05) is 19.9 Å². The molecule has 0 amide bonds. The smallest absolute Gasteiger partial charge is 0.165 e. The number of aliphatic hydroxyl groups is 2. The van der Waals surface area contributed by atoms with E-state index in [4.69, 9.17) is 4.74 Å². The molecule has 5 unspecified atom stereocenters. The first-order chi connectivity index (χ1) is 12.9. The van der Waals surface area contributed by atoms with Gasteiger partial charge in [-0.05, 0) is 63.1 Å². The van der Waals surface area contributed by atoms with Crippen molar-refractivity contribution in [3.05, 3.63) is 23.3 Å². The van der Waals surface area contributed by atoms with Crippen LogP contribution >= 0.6 is 0 Å². The number of rotatable bonds is 4. The molecule has 2 aliphatic carbocycles. The fraction of sp³-hybridized carbons (Fsp3) is 0.727. The van der Waals surface area contributed by atoms with Crippen LogP contribution in [0.2, 0.25) is 0 Å². The number of hydrogen-bond acceptors (Lipinski definition) is 5. The van der Waals surface area contributed by atoms with Gasteiger partial charge in [0.15, 0.2) is 11.5 Å². The summed E-state index contributed by atoms with van der Waals surface area (Å²) in [4.78, 5) is 2.48. The molecule has 4 aliphatic rings. The van der Waals surface area contributed by atoms with Crippen molar-refractivity contribution in [2.24, 2.45) is 5.92 Å². The van der Waals surface area contributed by atoms with Gasteiger partial charge in [0.1, 0.15) is 6.10 Å². The number of fused-ring (bicyclic) bond motifs is 1. The molecule has 1 saturated heterocycles. The molecule has 1 aromatic carbocycles. The summed E-state index contributed by atoms with van der Waals surface area (Å²) in [5, 5.41) is 33.2. The van der Waals surface area contributed by atoms with Crippen molar-refractivity contribution in [3.63, 3.8) is 0 Å². The predicted octanol–water partition coefficient (Wildman–Crippen LogP) is 2.34. The molecule has 2 heterocycles. The molecule has 1 aromatic rings. The van der Waals surface area contributed by atoms with Gasteiger partial charge in [-0.25, -0.2) is 0 Å². The molecule has 2 bridgehead atoms. The fourth-order valence-corrected chi connectivity index (χ4v) is 6.33. The molecule has 0 aromatic heterocycles. The second-order valence-electron chi connectivity index (χ2n) is 9.34. The summed E-state index contributed by atoms with van der Waals surface area (Å²) in [6.45, 7) is 5.84. The summed E-state index contributed by atoms with van der Waals surface area (Å²) >= 11 is 0. The Balaban J connectivity index is 1.64. The van der Waals surface area contributed by atoms with Gasteiger partial charge >= 0.3 is 0 Å². The van der Waals surface area contributed by atoms with Crippen LogP contribution in [0.5, 0.6) is 11.5 Å². The van der Waals surface area contributed by atoms with Gasteiger partial charge in [0.2, 0.25) is 0 Å². The highest BCUT2D eigenvalue weighted by atomic mass is 16.5. The quantitative estimate of drug-likeness (QED) is 0.756. The maximum absolute atomic E-state index is 11.9. The molecule has 148 valence electrons. The first kappa shape index (κ1) is 17.8. The van der Waals surface area contributed by atoms with E-state index in [2.05, 4.69) is 4.90 Å². The van der Waals surface area contributed by atoms with Crippen molar-refractivity contribution >= 4 is 0 Å². The Morgan fingerprint density at radius 2 is 2.11 bits per heavy atom. The fourth-order valence-electron chi connectivity index (χ4n) is 6.33. The van der Waals surface area contributed by atoms with Gasteiger partial charge in [0, 0.05) is 18.2 Å². The highest BCUT2D eigenvalue weighted by molar-refractivity contribution is 5.61. The molecule has 1 saturated carbocycles. The second kappa shape index (κ2) is 5.85.